The van der Waals surface area contributed by atoms with Crippen LogP contribution in [0.2, 0.25) is 0 Å². The zero-order chi connectivity index (χ0) is 11.3. The highest BCUT2D eigenvalue weighted by molar-refractivity contribution is 5.83. The Labute approximate surface area is 91.9 Å². The van der Waals surface area contributed by atoms with Crippen molar-refractivity contribution in [1.29, 1.82) is 0 Å². The molecular formula is C10H21N3O2. The van der Waals surface area contributed by atoms with Gasteiger partial charge in [0.05, 0.1) is 0 Å². The van der Waals surface area contributed by atoms with Crippen molar-refractivity contribution in [2.45, 2.75) is 12.8 Å². The standard InChI is InChI=1S/C10H19N3O2.H2/c1-11-9(14)3-4-10(15)13-7-5-12(2)6-8-13;/h3-8H2,1-2H3,(H,11,14);1H. The molecule has 0 saturated carbocycles. The lowest BCUT2D eigenvalue weighted by Crippen LogP contribution is -2.47. The number of carbonyl (C=O) groups excluding carboxylic acids is 2. The largest absolute Gasteiger partial charge is 0.359 e. The van der Waals surface area contributed by atoms with Crippen LogP contribution in [0.1, 0.15) is 14.3 Å². The third-order valence-electron chi connectivity index (χ3n) is 2.70. The summed E-state index contributed by atoms with van der Waals surface area (Å²) in [4.78, 5) is 26.6. The van der Waals surface area contributed by atoms with Crippen LogP contribution in [0, 0.1) is 0 Å². The molecule has 1 heterocycles. The number of hydrogen-bond donors (Lipinski definition) is 1. The van der Waals surface area contributed by atoms with Crippen molar-refractivity contribution in [3.8, 4) is 0 Å². The van der Waals surface area contributed by atoms with E-state index in [-0.39, 0.29) is 13.2 Å². The topological polar surface area (TPSA) is 52.7 Å². The molecule has 2 amide bonds. The zero-order valence-electron chi connectivity index (χ0n) is 9.45. The van der Waals surface area contributed by atoms with Crippen LogP contribution < -0.4 is 5.32 Å². The lowest BCUT2D eigenvalue weighted by atomic mass is 10.2. The number of hydrogen-bond acceptors (Lipinski definition) is 3. The van der Waals surface area contributed by atoms with Gasteiger partial charge in [-0.3, -0.25) is 9.59 Å². The summed E-state index contributed by atoms with van der Waals surface area (Å²) in [6.45, 7) is 3.41. The van der Waals surface area contributed by atoms with Gasteiger partial charge in [-0.15, -0.1) is 0 Å². The van der Waals surface area contributed by atoms with Crippen LogP contribution in [0.5, 0.6) is 0 Å². The van der Waals surface area contributed by atoms with Crippen LogP contribution in [0.4, 0.5) is 0 Å². The molecule has 5 heteroatoms. The van der Waals surface area contributed by atoms with E-state index in [1.54, 1.807) is 7.05 Å². The van der Waals surface area contributed by atoms with E-state index in [1.807, 2.05) is 11.9 Å². The van der Waals surface area contributed by atoms with Crippen molar-refractivity contribution in [2.24, 2.45) is 0 Å². The number of nitrogens with one attached hydrogen (secondary N) is 1. The molecule has 1 rings (SSSR count). The van der Waals surface area contributed by atoms with Gasteiger partial charge in [0, 0.05) is 47.5 Å². The Morgan fingerprint density at radius 2 is 1.80 bits per heavy atom. The van der Waals surface area contributed by atoms with Gasteiger partial charge in [-0.2, -0.15) is 0 Å². The fourth-order valence-corrected chi connectivity index (χ4v) is 1.56. The van der Waals surface area contributed by atoms with Crippen LogP contribution in [0.15, 0.2) is 0 Å². The molecule has 0 radical (unpaired) electrons. The second kappa shape index (κ2) is 5.70. The average Bonchev–Trinajstić information content (AvgIpc) is 2.26. The maximum absolute atomic E-state index is 11.7. The van der Waals surface area contributed by atoms with Gasteiger partial charge in [-0.1, -0.05) is 0 Å². The van der Waals surface area contributed by atoms with Gasteiger partial charge < -0.3 is 15.1 Å². The number of nitrogens with zero attached hydrogens (tertiary/aromatic N) is 2. The quantitative estimate of drug-likeness (QED) is 0.692. The highest BCUT2D eigenvalue weighted by Gasteiger charge is 2.18. The molecule has 5 nitrogen and oxygen atoms in total. The molecule has 88 valence electrons. The third kappa shape index (κ3) is 3.87. The predicted molar refractivity (Wildman–Crippen MR) is 59.5 cm³/mol. The molecule has 0 aromatic heterocycles. The Balaban J connectivity index is 0.00000225. The molecule has 0 spiro atoms. The van der Waals surface area contributed by atoms with E-state index in [1.165, 1.54) is 0 Å². The number of rotatable bonds is 3. The highest BCUT2D eigenvalue weighted by atomic mass is 16.2. The Morgan fingerprint density at radius 1 is 1.20 bits per heavy atom. The van der Waals surface area contributed by atoms with Crippen molar-refractivity contribution in [3.05, 3.63) is 0 Å². The molecule has 0 atom stereocenters. The number of likely N-dealkylation sites (N-methyl/N-ethyl adjacent to an activating group) is 1. The molecule has 0 unspecified atom stereocenters. The first kappa shape index (κ1) is 12.0. The monoisotopic (exact) mass is 215 g/mol. The van der Waals surface area contributed by atoms with Crippen LogP contribution >= 0.6 is 0 Å². The van der Waals surface area contributed by atoms with Gasteiger partial charge in [-0.25, -0.2) is 0 Å². The fraction of sp³-hybridized carbons (Fsp3) is 0.800. The number of carbonyl (C=O) groups is 2. The van der Waals surface area contributed by atoms with E-state index in [4.69, 9.17) is 0 Å². The minimum Gasteiger partial charge on any atom is -0.359 e. The molecule has 0 aromatic rings. The van der Waals surface area contributed by atoms with Gasteiger partial charge in [0.1, 0.15) is 0 Å². The first-order valence-electron chi connectivity index (χ1n) is 5.30. The van der Waals surface area contributed by atoms with Gasteiger partial charge in [0.2, 0.25) is 11.8 Å². The summed E-state index contributed by atoms with van der Waals surface area (Å²) < 4.78 is 0. The van der Waals surface area contributed by atoms with Crippen molar-refractivity contribution in [2.75, 3.05) is 40.3 Å². The summed E-state index contributed by atoms with van der Waals surface area (Å²) >= 11 is 0. The molecule has 1 saturated heterocycles. The zero-order valence-corrected chi connectivity index (χ0v) is 9.45. The smallest absolute Gasteiger partial charge is 0.223 e. The normalized spacial score (nSPS) is 17.6. The van der Waals surface area contributed by atoms with E-state index < -0.39 is 0 Å². The van der Waals surface area contributed by atoms with E-state index in [2.05, 4.69) is 10.2 Å². The van der Waals surface area contributed by atoms with Gasteiger partial charge >= 0.3 is 0 Å². The summed E-state index contributed by atoms with van der Waals surface area (Å²) in [5.74, 6) is 0.0178. The van der Waals surface area contributed by atoms with Crippen molar-refractivity contribution >= 4 is 11.8 Å². The molecule has 1 aliphatic rings. The second-order valence-electron chi connectivity index (χ2n) is 3.86. The Hall–Kier alpha value is -1.10. The number of amides is 2. The molecule has 0 bridgehead atoms. The minimum absolute atomic E-state index is 0. The SMILES string of the molecule is CNC(=O)CCC(=O)N1CCN(C)CC1.[HH]. The third-order valence-corrected chi connectivity index (χ3v) is 2.70. The average molecular weight is 215 g/mol. The van der Waals surface area contributed by atoms with Gasteiger partial charge in [-0.05, 0) is 7.05 Å². The molecule has 1 N–H and O–H groups in total. The highest BCUT2D eigenvalue weighted by Crippen LogP contribution is 2.03. The lowest BCUT2D eigenvalue weighted by Gasteiger charge is -2.32. The first-order valence-corrected chi connectivity index (χ1v) is 5.30. The molecule has 1 aliphatic heterocycles. The van der Waals surface area contributed by atoms with E-state index in [0.717, 1.165) is 26.2 Å². The summed E-state index contributed by atoms with van der Waals surface area (Å²) in [5, 5.41) is 2.51. The van der Waals surface area contributed by atoms with E-state index >= 15 is 0 Å². The van der Waals surface area contributed by atoms with E-state index in [9.17, 15) is 9.59 Å². The van der Waals surface area contributed by atoms with Crippen LogP contribution in [0.25, 0.3) is 0 Å². The summed E-state index contributed by atoms with van der Waals surface area (Å²) in [6.07, 6.45) is 0.616. The summed E-state index contributed by atoms with van der Waals surface area (Å²) in [7, 11) is 3.63. The van der Waals surface area contributed by atoms with Crippen LogP contribution in [-0.4, -0.2) is 61.9 Å². The number of piperazine rings is 1. The second-order valence-corrected chi connectivity index (χ2v) is 3.86. The van der Waals surface area contributed by atoms with Gasteiger partial charge in [0.25, 0.3) is 0 Å². The summed E-state index contributed by atoms with van der Waals surface area (Å²) in [6, 6.07) is 0. The Bertz CT molecular complexity index is 240. The van der Waals surface area contributed by atoms with Gasteiger partial charge in [0.15, 0.2) is 0 Å². The molecule has 15 heavy (non-hydrogen) atoms. The maximum Gasteiger partial charge on any atom is 0.223 e. The van der Waals surface area contributed by atoms with Crippen LogP contribution in [0.3, 0.4) is 0 Å². The minimum atomic E-state index is -0.0718. The Morgan fingerprint density at radius 3 is 2.33 bits per heavy atom. The summed E-state index contributed by atoms with van der Waals surface area (Å²) in [5.41, 5.74) is 0. The molecule has 0 aliphatic carbocycles. The van der Waals surface area contributed by atoms with Crippen molar-refractivity contribution in [1.82, 2.24) is 15.1 Å². The Kier molecular flexibility index (Phi) is 4.55. The lowest BCUT2D eigenvalue weighted by molar-refractivity contribution is -0.134. The maximum atomic E-state index is 11.7. The van der Waals surface area contributed by atoms with E-state index in [0.29, 0.717) is 12.8 Å². The first-order chi connectivity index (χ1) is 7.13. The molecule has 0 aromatic carbocycles. The molecule has 1 fully saturated rings. The molecular weight excluding hydrogens is 194 g/mol. The van der Waals surface area contributed by atoms with Crippen molar-refractivity contribution in [3.63, 3.8) is 0 Å². The fourth-order valence-electron chi connectivity index (χ4n) is 1.56. The van der Waals surface area contributed by atoms with Crippen molar-refractivity contribution < 1.29 is 11.0 Å². The predicted octanol–water partition coefficient (Wildman–Crippen LogP) is -0.467. The van der Waals surface area contributed by atoms with Crippen LogP contribution in [-0.2, 0) is 9.59 Å².